The number of aliphatic hydroxyl groups is 1. The Kier molecular flexibility index (Phi) is 6.86. The first kappa shape index (κ1) is 23.0. The number of carbonyl (C=O) groups is 2. The van der Waals surface area contributed by atoms with Crippen molar-refractivity contribution in [3.63, 3.8) is 0 Å². The molecule has 0 aliphatic carbocycles. The van der Waals surface area contributed by atoms with E-state index in [1.807, 2.05) is 29.6 Å². The summed E-state index contributed by atoms with van der Waals surface area (Å²) in [5.74, 6) is -1.06. The molecule has 1 aliphatic heterocycles. The van der Waals surface area contributed by atoms with E-state index in [9.17, 15) is 14.7 Å². The fourth-order valence-corrected chi connectivity index (χ4v) is 4.58. The van der Waals surface area contributed by atoms with Crippen LogP contribution >= 0.6 is 11.3 Å². The van der Waals surface area contributed by atoms with Gasteiger partial charge in [-0.05, 0) is 41.0 Å². The summed E-state index contributed by atoms with van der Waals surface area (Å²) in [6.07, 6.45) is 0.592. The molecule has 0 saturated carbocycles. The Labute approximate surface area is 187 Å². The monoisotopic (exact) mass is 443 g/mol. The first-order valence-corrected chi connectivity index (χ1v) is 11.1. The van der Waals surface area contributed by atoms with Gasteiger partial charge < -0.3 is 19.5 Å². The lowest BCUT2D eigenvalue weighted by atomic mass is 9.85. The zero-order chi connectivity index (χ0) is 22.8. The molecule has 2 heterocycles. The van der Waals surface area contributed by atoms with Gasteiger partial charge >= 0.3 is 0 Å². The number of ether oxygens (including phenoxy) is 2. The lowest BCUT2D eigenvalue weighted by molar-refractivity contribution is -0.140. The van der Waals surface area contributed by atoms with E-state index in [0.29, 0.717) is 30.9 Å². The maximum atomic E-state index is 13.1. The van der Waals surface area contributed by atoms with Crippen molar-refractivity contribution in [2.45, 2.75) is 38.6 Å². The maximum Gasteiger partial charge on any atom is 0.295 e. The van der Waals surface area contributed by atoms with Crippen molar-refractivity contribution >= 4 is 28.8 Å². The average Bonchev–Trinajstić information content (AvgIpc) is 3.34. The molecule has 1 amide bonds. The molecule has 0 spiro atoms. The lowest BCUT2D eigenvalue weighted by Gasteiger charge is -2.24. The number of thiophene rings is 1. The number of ketones is 1. The van der Waals surface area contributed by atoms with Gasteiger partial charge in [0.1, 0.15) is 11.5 Å². The third-order valence-corrected chi connectivity index (χ3v) is 6.35. The Bertz CT molecular complexity index is 988. The predicted molar refractivity (Wildman–Crippen MR) is 122 cm³/mol. The number of nitrogens with zero attached hydrogens (tertiary/aromatic N) is 1. The van der Waals surface area contributed by atoms with Gasteiger partial charge in [-0.1, -0.05) is 32.9 Å². The zero-order valence-corrected chi connectivity index (χ0v) is 19.4. The molecule has 166 valence electrons. The average molecular weight is 444 g/mol. The second kappa shape index (κ2) is 9.24. The van der Waals surface area contributed by atoms with Gasteiger partial charge in [0, 0.05) is 25.1 Å². The topological polar surface area (TPSA) is 76.1 Å². The number of rotatable bonds is 7. The highest BCUT2D eigenvalue weighted by Crippen LogP contribution is 2.43. The highest BCUT2D eigenvalue weighted by molar-refractivity contribution is 7.10. The smallest absolute Gasteiger partial charge is 0.295 e. The number of hydrogen-bond donors (Lipinski definition) is 1. The van der Waals surface area contributed by atoms with E-state index in [1.165, 1.54) is 23.3 Å². The summed E-state index contributed by atoms with van der Waals surface area (Å²) in [5.41, 5.74) is 1.32. The molecular weight excluding hydrogens is 414 g/mol. The minimum Gasteiger partial charge on any atom is -0.507 e. The molecule has 1 fully saturated rings. The Morgan fingerprint density at radius 2 is 1.94 bits per heavy atom. The number of benzene rings is 1. The van der Waals surface area contributed by atoms with Crippen molar-refractivity contribution in [2.75, 3.05) is 27.4 Å². The number of hydrogen-bond acceptors (Lipinski definition) is 6. The number of Topliss-reactive ketones (excluding diaryl/α,β-unsaturated/α-hetero) is 1. The van der Waals surface area contributed by atoms with Crippen LogP contribution in [0.25, 0.3) is 5.76 Å². The molecular formula is C24H29NO5S. The molecule has 7 heteroatoms. The summed E-state index contributed by atoms with van der Waals surface area (Å²) in [6, 6.07) is 8.66. The van der Waals surface area contributed by atoms with Gasteiger partial charge in [0.2, 0.25) is 0 Å². The summed E-state index contributed by atoms with van der Waals surface area (Å²) >= 11 is 1.45. The van der Waals surface area contributed by atoms with E-state index < -0.39 is 17.7 Å². The van der Waals surface area contributed by atoms with E-state index in [0.717, 1.165) is 10.4 Å². The number of aliphatic hydroxyl groups excluding tert-OH is 1. The fourth-order valence-electron chi connectivity index (χ4n) is 3.74. The summed E-state index contributed by atoms with van der Waals surface area (Å²) in [6.45, 7) is 7.04. The van der Waals surface area contributed by atoms with Gasteiger partial charge in [0.15, 0.2) is 0 Å². The SMILES string of the molecule is COCCCN1C(=O)C(=O)/C(=C(/O)c2cc(C(C)(C)C)ccc2OC)C1c1cccs1. The van der Waals surface area contributed by atoms with E-state index in [4.69, 9.17) is 9.47 Å². The van der Waals surface area contributed by atoms with Crippen LogP contribution in [0.5, 0.6) is 5.75 Å². The van der Waals surface area contributed by atoms with E-state index in [-0.39, 0.29) is 16.7 Å². The Balaban J connectivity index is 2.18. The molecule has 2 aromatic rings. The normalized spacial score (nSPS) is 18.6. The van der Waals surface area contributed by atoms with E-state index in [2.05, 4.69) is 20.8 Å². The van der Waals surface area contributed by atoms with Crippen LogP contribution in [-0.4, -0.2) is 49.1 Å². The first-order chi connectivity index (χ1) is 14.7. The molecule has 0 radical (unpaired) electrons. The van der Waals surface area contributed by atoms with E-state index in [1.54, 1.807) is 13.2 Å². The molecule has 1 aromatic carbocycles. The van der Waals surface area contributed by atoms with Crippen LogP contribution in [0.2, 0.25) is 0 Å². The number of amides is 1. The van der Waals surface area contributed by atoms with Crippen molar-refractivity contribution in [1.82, 2.24) is 4.90 Å². The van der Waals surface area contributed by atoms with Crippen molar-refractivity contribution in [3.8, 4) is 5.75 Å². The molecule has 31 heavy (non-hydrogen) atoms. The second-order valence-corrected chi connectivity index (χ2v) is 9.50. The van der Waals surface area contributed by atoms with Crippen molar-refractivity contribution in [3.05, 3.63) is 57.3 Å². The minimum atomic E-state index is -0.684. The number of methoxy groups -OCH3 is 2. The molecule has 6 nitrogen and oxygen atoms in total. The van der Waals surface area contributed by atoms with Gasteiger partial charge in [-0.3, -0.25) is 9.59 Å². The molecule has 1 atom stereocenters. The number of likely N-dealkylation sites (tertiary alicyclic amines) is 1. The highest BCUT2D eigenvalue weighted by atomic mass is 32.1. The predicted octanol–water partition coefficient (Wildman–Crippen LogP) is 4.51. The zero-order valence-electron chi connectivity index (χ0n) is 18.6. The standard InChI is InChI=1S/C24H29NO5S/c1-24(2,3)15-9-10-17(30-5)16(14-15)21(26)19-20(18-8-6-13-31-18)25(11-7-12-29-4)23(28)22(19)27/h6,8-10,13-14,20,26H,7,11-12H2,1-5H3/b21-19+. The second-order valence-electron chi connectivity index (χ2n) is 8.52. The van der Waals surface area contributed by atoms with Crippen LogP contribution < -0.4 is 4.74 Å². The molecule has 1 N–H and O–H groups in total. The van der Waals surface area contributed by atoms with Crippen LogP contribution in [0.15, 0.2) is 41.3 Å². The molecule has 1 aromatic heterocycles. The van der Waals surface area contributed by atoms with E-state index >= 15 is 0 Å². The Morgan fingerprint density at radius 1 is 1.19 bits per heavy atom. The van der Waals surface area contributed by atoms with Crippen molar-refractivity contribution in [1.29, 1.82) is 0 Å². The van der Waals surface area contributed by atoms with Crippen LogP contribution in [-0.2, 0) is 19.7 Å². The lowest BCUT2D eigenvalue weighted by Crippen LogP contribution is -2.31. The van der Waals surface area contributed by atoms with Crippen molar-refractivity contribution in [2.24, 2.45) is 0 Å². The molecule has 1 unspecified atom stereocenters. The first-order valence-electron chi connectivity index (χ1n) is 10.2. The van der Waals surface area contributed by atoms with Crippen LogP contribution in [0.1, 0.15) is 49.2 Å². The van der Waals surface area contributed by atoms with Crippen LogP contribution in [0.3, 0.4) is 0 Å². The van der Waals surface area contributed by atoms with Gasteiger partial charge in [-0.25, -0.2) is 0 Å². The molecule has 1 saturated heterocycles. The quantitative estimate of drug-likeness (QED) is 0.295. The van der Waals surface area contributed by atoms with Gasteiger partial charge in [0.25, 0.3) is 11.7 Å². The maximum absolute atomic E-state index is 13.1. The number of carbonyl (C=O) groups excluding carboxylic acids is 2. The van der Waals surface area contributed by atoms with Gasteiger partial charge in [-0.2, -0.15) is 0 Å². The molecule has 1 aliphatic rings. The van der Waals surface area contributed by atoms with Gasteiger partial charge in [0.05, 0.1) is 24.3 Å². The van der Waals surface area contributed by atoms with Crippen molar-refractivity contribution < 1.29 is 24.2 Å². The minimum absolute atomic E-state index is 0.0919. The van der Waals surface area contributed by atoms with Crippen LogP contribution in [0, 0.1) is 0 Å². The third-order valence-electron chi connectivity index (χ3n) is 5.42. The Hall–Kier alpha value is -2.64. The largest absolute Gasteiger partial charge is 0.507 e. The Morgan fingerprint density at radius 3 is 2.52 bits per heavy atom. The molecule has 0 bridgehead atoms. The fraction of sp³-hybridized carbons (Fsp3) is 0.417. The summed E-state index contributed by atoms with van der Waals surface area (Å²) in [4.78, 5) is 28.3. The highest BCUT2D eigenvalue weighted by Gasteiger charge is 2.46. The molecule has 3 rings (SSSR count). The third kappa shape index (κ3) is 4.52. The summed E-state index contributed by atoms with van der Waals surface area (Å²) < 4.78 is 10.6. The van der Waals surface area contributed by atoms with Crippen LogP contribution in [0.4, 0.5) is 0 Å². The summed E-state index contributed by atoms with van der Waals surface area (Å²) in [7, 11) is 3.11. The van der Waals surface area contributed by atoms with Gasteiger partial charge in [-0.15, -0.1) is 11.3 Å². The summed E-state index contributed by atoms with van der Waals surface area (Å²) in [5, 5.41) is 13.2.